The Morgan fingerprint density at radius 1 is 1.00 bits per heavy atom. The summed E-state index contributed by atoms with van der Waals surface area (Å²) in [6.45, 7) is 8.45. The van der Waals surface area contributed by atoms with E-state index in [0.717, 1.165) is 19.3 Å². The van der Waals surface area contributed by atoms with Gasteiger partial charge in [0.2, 0.25) is 0 Å². The van der Waals surface area contributed by atoms with Crippen molar-refractivity contribution in [2.45, 2.75) is 53.4 Å². The average Bonchev–Trinajstić information content (AvgIpc) is 2.82. The molecule has 2 aliphatic carbocycles. The van der Waals surface area contributed by atoms with Crippen LogP contribution in [0.15, 0.2) is 0 Å². The van der Waals surface area contributed by atoms with Gasteiger partial charge in [-0.05, 0) is 30.6 Å². The Morgan fingerprint density at radius 3 is 2.29 bits per heavy atom. The number of hydrogen-bond acceptors (Lipinski definition) is 2. The lowest BCUT2D eigenvalue weighted by molar-refractivity contribution is -0.126. The molecule has 2 heteroatoms. The minimum Gasteiger partial charge on any atom is -0.299 e. The summed E-state index contributed by atoms with van der Waals surface area (Å²) in [4.78, 5) is 24.2. The van der Waals surface area contributed by atoms with Gasteiger partial charge in [-0.1, -0.05) is 27.7 Å². The zero-order valence-corrected chi connectivity index (χ0v) is 11.5. The van der Waals surface area contributed by atoms with Gasteiger partial charge in [-0.2, -0.15) is 0 Å². The van der Waals surface area contributed by atoms with Gasteiger partial charge in [0.15, 0.2) is 0 Å². The SMILES string of the molecule is C[C@@H]1CC[C@@H]2[C@H](C(=O)[C@@H](C)CCC1=O)C2(C)C. The summed E-state index contributed by atoms with van der Waals surface area (Å²) in [5.74, 6) is 1.79. The molecule has 0 aromatic carbocycles. The molecule has 0 spiro atoms. The number of Topliss-reactive ketones (excluding diaryl/α,β-unsaturated/α-hetero) is 2. The van der Waals surface area contributed by atoms with Crippen LogP contribution in [0.1, 0.15) is 53.4 Å². The molecule has 0 saturated heterocycles. The maximum absolute atomic E-state index is 12.3. The predicted octanol–water partition coefficient (Wildman–Crippen LogP) is 3.24. The Labute approximate surface area is 104 Å². The Hall–Kier alpha value is -0.660. The van der Waals surface area contributed by atoms with Gasteiger partial charge < -0.3 is 0 Å². The van der Waals surface area contributed by atoms with Crippen molar-refractivity contribution in [1.29, 1.82) is 0 Å². The van der Waals surface area contributed by atoms with E-state index in [9.17, 15) is 9.59 Å². The summed E-state index contributed by atoms with van der Waals surface area (Å²) in [7, 11) is 0. The summed E-state index contributed by atoms with van der Waals surface area (Å²) >= 11 is 0. The summed E-state index contributed by atoms with van der Waals surface area (Å²) in [5.41, 5.74) is 0.179. The fourth-order valence-electron chi connectivity index (χ4n) is 3.49. The molecule has 0 N–H and O–H groups in total. The second kappa shape index (κ2) is 4.22. The first-order valence-corrected chi connectivity index (χ1v) is 6.92. The van der Waals surface area contributed by atoms with Crippen molar-refractivity contribution >= 4 is 11.6 Å². The van der Waals surface area contributed by atoms with Crippen molar-refractivity contribution in [1.82, 2.24) is 0 Å². The maximum atomic E-state index is 12.3. The Balaban J connectivity index is 2.14. The van der Waals surface area contributed by atoms with Crippen LogP contribution in [0.3, 0.4) is 0 Å². The van der Waals surface area contributed by atoms with Gasteiger partial charge in [-0.25, -0.2) is 0 Å². The van der Waals surface area contributed by atoms with Crippen LogP contribution in [0.4, 0.5) is 0 Å². The van der Waals surface area contributed by atoms with Crippen molar-refractivity contribution in [3.05, 3.63) is 0 Å². The fourth-order valence-corrected chi connectivity index (χ4v) is 3.49. The molecule has 0 aromatic rings. The van der Waals surface area contributed by atoms with Crippen molar-refractivity contribution in [3.63, 3.8) is 0 Å². The number of fused-ring (bicyclic) bond motifs is 1. The van der Waals surface area contributed by atoms with E-state index in [1.807, 2.05) is 13.8 Å². The van der Waals surface area contributed by atoms with Crippen LogP contribution in [-0.2, 0) is 9.59 Å². The minimum atomic E-state index is 0.0681. The molecular formula is C15H24O2. The number of rotatable bonds is 0. The number of hydrogen-bond donors (Lipinski definition) is 0. The van der Waals surface area contributed by atoms with Gasteiger partial charge in [-0.3, -0.25) is 9.59 Å². The van der Waals surface area contributed by atoms with Crippen LogP contribution in [0.25, 0.3) is 0 Å². The molecule has 96 valence electrons. The van der Waals surface area contributed by atoms with Crippen molar-refractivity contribution in [2.75, 3.05) is 0 Å². The molecule has 4 atom stereocenters. The molecule has 0 aromatic heterocycles. The van der Waals surface area contributed by atoms with Crippen molar-refractivity contribution in [3.8, 4) is 0 Å². The van der Waals surface area contributed by atoms with Crippen LogP contribution in [0.2, 0.25) is 0 Å². The molecule has 2 rings (SSSR count). The first kappa shape index (κ1) is 12.8. The minimum absolute atomic E-state index is 0.0681. The van der Waals surface area contributed by atoms with Crippen LogP contribution < -0.4 is 0 Å². The topological polar surface area (TPSA) is 34.1 Å². The summed E-state index contributed by atoms with van der Waals surface area (Å²) < 4.78 is 0. The predicted molar refractivity (Wildman–Crippen MR) is 67.6 cm³/mol. The number of carbonyl (C=O) groups excluding carboxylic acids is 2. The van der Waals surface area contributed by atoms with Gasteiger partial charge in [0, 0.05) is 24.2 Å². The third-order valence-electron chi connectivity index (χ3n) is 5.13. The van der Waals surface area contributed by atoms with Gasteiger partial charge in [0.05, 0.1) is 0 Å². The second-order valence-electron chi connectivity index (χ2n) is 6.69. The highest BCUT2D eigenvalue weighted by molar-refractivity contribution is 5.88. The van der Waals surface area contributed by atoms with Gasteiger partial charge >= 0.3 is 0 Å². The Morgan fingerprint density at radius 2 is 1.65 bits per heavy atom. The standard InChI is InChI=1S/C15H24O2/c1-9-5-7-11-13(15(11,3)4)14(17)10(2)6-8-12(9)16/h9-11,13H,5-8H2,1-4H3/t9-,10+,11-,13-/m1/s1. The third kappa shape index (κ3) is 2.19. The molecule has 17 heavy (non-hydrogen) atoms. The molecular weight excluding hydrogens is 212 g/mol. The molecule has 2 aliphatic rings. The van der Waals surface area contributed by atoms with E-state index in [1.165, 1.54) is 0 Å². The van der Waals surface area contributed by atoms with Crippen LogP contribution in [-0.4, -0.2) is 11.6 Å². The van der Waals surface area contributed by atoms with Crippen LogP contribution >= 0.6 is 0 Å². The molecule has 0 bridgehead atoms. The monoisotopic (exact) mass is 236 g/mol. The second-order valence-corrected chi connectivity index (χ2v) is 6.69. The van der Waals surface area contributed by atoms with Gasteiger partial charge in [0.25, 0.3) is 0 Å². The van der Waals surface area contributed by atoms with Crippen LogP contribution in [0.5, 0.6) is 0 Å². The average molecular weight is 236 g/mol. The van der Waals surface area contributed by atoms with E-state index in [1.54, 1.807) is 0 Å². The van der Waals surface area contributed by atoms with E-state index in [4.69, 9.17) is 0 Å². The fraction of sp³-hybridized carbons (Fsp3) is 0.867. The molecule has 0 unspecified atom stereocenters. The summed E-state index contributed by atoms with van der Waals surface area (Å²) in [6.07, 6.45) is 3.35. The van der Waals surface area contributed by atoms with E-state index < -0.39 is 0 Å². The van der Waals surface area contributed by atoms with E-state index in [-0.39, 0.29) is 23.2 Å². The van der Waals surface area contributed by atoms with Crippen LogP contribution in [0, 0.1) is 29.1 Å². The van der Waals surface area contributed by atoms with Crippen molar-refractivity contribution < 1.29 is 9.59 Å². The lowest BCUT2D eigenvalue weighted by Gasteiger charge is -2.15. The number of carbonyl (C=O) groups is 2. The van der Waals surface area contributed by atoms with Gasteiger partial charge in [0.1, 0.15) is 11.6 Å². The largest absolute Gasteiger partial charge is 0.299 e. The number of ketones is 2. The highest BCUT2D eigenvalue weighted by atomic mass is 16.1. The molecule has 2 saturated carbocycles. The van der Waals surface area contributed by atoms with E-state index in [2.05, 4.69) is 13.8 Å². The Kier molecular flexibility index (Phi) is 3.17. The molecule has 2 fully saturated rings. The lowest BCUT2D eigenvalue weighted by atomic mass is 9.88. The molecule has 0 aliphatic heterocycles. The zero-order valence-electron chi connectivity index (χ0n) is 11.5. The first-order chi connectivity index (χ1) is 7.85. The molecule has 0 radical (unpaired) electrons. The first-order valence-electron chi connectivity index (χ1n) is 6.92. The normalized spacial score (nSPS) is 41.9. The smallest absolute Gasteiger partial charge is 0.139 e. The molecule has 0 amide bonds. The highest BCUT2D eigenvalue weighted by Crippen LogP contribution is 2.62. The summed E-state index contributed by atoms with van der Waals surface area (Å²) in [6, 6.07) is 0. The lowest BCUT2D eigenvalue weighted by Crippen LogP contribution is -2.20. The maximum Gasteiger partial charge on any atom is 0.139 e. The zero-order chi connectivity index (χ0) is 12.8. The molecule has 0 heterocycles. The van der Waals surface area contributed by atoms with E-state index in [0.29, 0.717) is 23.9 Å². The van der Waals surface area contributed by atoms with Crippen molar-refractivity contribution in [2.24, 2.45) is 29.1 Å². The summed E-state index contributed by atoms with van der Waals surface area (Å²) in [5, 5.41) is 0. The Bertz CT molecular complexity index is 343. The third-order valence-corrected chi connectivity index (χ3v) is 5.13. The molecule has 2 nitrogen and oxygen atoms in total. The van der Waals surface area contributed by atoms with Gasteiger partial charge in [-0.15, -0.1) is 0 Å². The highest BCUT2D eigenvalue weighted by Gasteiger charge is 2.61. The van der Waals surface area contributed by atoms with E-state index >= 15 is 0 Å². The quantitative estimate of drug-likeness (QED) is 0.647.